The van der Waals surface area contributed by atoms with Crippen LogP contribution >= 0.6 is 0 Å². The molecule has 0 saturated heterocycles. The van der Waals surface area contributed by atoms with E-state index in [0.29, 0.717) is 5.69 Å². The summed E-state index contributed by atoms with van der Waals surface area (Å²) >= 11 is 0. The number of non-ortho nitro benzene ring substituents is 2. The molecular weight excluding hydrogens is 428 g/mol. The van der Waals surface area contributed by atoms with Crippen LogP contribution < -0.4 is 10.2 Å². The number of nitro benzene ring substituents is 2. The molecule has 0 saturated carbocycles. The van der Waals surface area contributed by atoms with Crippen LogP contribution in [-0.2, 0) is 0 Å². The van der Waals surface area contributed by atoms with E-state index >= 15 is 0 Å². The molecule has 0 heterocycles. The highest BCUT2D eigenvalue weighted by Gasteiger charge is 2.22. The Morgan fingerprint density at radius 2 is 1.30 bits per heavy atom. The second kappa shape index (κ2) is 10.1. The van der Waals surface area contributed by atoms with Crippen molar-refractivity contribution in [2.75, 3.05) is 11.4 Å². The zero-order chi connectivity index (χ0) is 24.0. The Morgan fingerprint density at radius 1 is 0.818 bits per heavy atom. The van der Waals surface area contributed by atoms with Gasteiger partial charge in [0.1, 0.15) is 0 Å². The van der Waals surface area contributed by atoms with E-state index in [9.17, 15) is 29.8 Å². The SMILES string of the molecule is CC(CN(C(=O)c1ccc([N+](=O)[O-])cc1)c1ccccc1)NC(=O)c1ccc([N+](=O)[O-])cc1. The third-order valence-corrected chi connectivity index (χ3v) is 4.81. The molecule has 0 spiro atoms. The molecule has 168 valence electrons. The zero-order valence-corrected chi connectivity index (χ0v) is 17.6. The molecule has 1 atom stereocenters. The molecule has 0 bridgehead atoms. The van der Waals surface area contributed by atoms with Gasteiger partial charge in [0.25, 0.3) is 23.2 Å². The van der Waals surface area contributed by atoms with Crippen LogP contribution in [-0.4, -0.2) is 34.2 Å². The molecule has 10 heteroatoms. The van der Waals surface area contributed by atoms with Crippen LogP contribution in [0.2, 0.25) is 0 Å². The Bertz CT molecular complexity index is 1160. The third-order valence-electron chi connectivity index (χ3n) is 4.81. The van der Waals surface area contributed by atoms with Gasteiger partial charge in [-0.1, -0.05) is 18.2 Å². The Kier molecular flexibility index (Phi) is 7.09. The molecule has 10 nitrogen and oxygen atoms in total. The number of nitrogens with one attached hydrogen (secondary N) is 1. The van der Waals surface area contributed by atoms with E-state index < -0.39 is 21.8 Å². The van der Waals surface area contributed by atoms with Crippen molar-refractivity contribution in [3.63, 3.8) is 0 Å². The van der Waals surface area contributed by atoms with Crippen molar-refractivity contribution >= 4 is 28.9 Å². The lowest BCUT2D eigenvalue weighted by Gasteiger charge is -2.27. The lowest BCUT2D eigenvalue weighted by molar-refractivity contribution is -0.385. The second-order valence-electron chi connectivity index (χ2n) is 7.23. The summed E-state index contributed by atoms with van der Waals surface area (Å²) in [5.74, 6) is -0.819. The summed E-state index contributed by atoms with van der Waals surface area (Å²) in [6.07, 6.45) is 0. The molecule has 3 rings (SSSR count). The zero-order valence-electron chi connectivity index (χ0n) is 17.6. The number of amides is 2. The van der Waals surface area contributed by atoms with Gasteiger partial charge in [-0.25, -0.2) is 0 Å². The maximum absolute atomic E-state index is 13.2. The standard InChI is InChI=1S/C23H20N4O6/c1-16(24-22(28)17-7-11-20(12-8-17)26(30)31)15-25(19-5-3-2-4-6-19)23(29)18-9-13-21(14-10-18)27(32)33/h2-14,16H,15H2,1H3,(H,24,28). The van der Waals surface area contributed by atoms with E-state index in [-0.39, 0.29) is 35.0 Å². The second-order valence-corrected chi connectivity index (χ2v) is 7.23. The van der Waals surface area contributed by atoms with Gasteiger partial charge >= 0.3 is 0 Å². The number of hydrogen-bond donors (Lipinski definition) is 1. The summed E-state index contributed by atoms with van der Waals surface area (Å²) in [4.78, 5) is 47.8. The lowest BCUT2D eigenvalue weighted by atomic mass is 10.1. The van der Waals surface area contributed by atoms with Crippen molar-refractivity contribution < 1.29 is 19.4 Å². The molecule has 33 heavy (non-hydrogen) atoms. The highest BCUT2D eigenvalue weighted by atomic mass is 16.6. The average molecular weight is 448 g/mol. The molecule has 0 aliphatic rings. The fraction of sp³-hybridized carbons (Fsp3) is 0.130. The fourth-order valence-corrected chi connectivity index (χ4v) is 3.16. The van der Waals surface area contributed by atoms with Crippen LogP contribution in [0.5, 0.6) is 0 Å². The number of para-hydroxylation sites is 1. The maximum atomic E-state index is 13.2. The highest BCUT2D eigenvalue weighted by molar-refractivity contribution is 6.06. The van der Waals surface area contributed by atoms with Gasteiger partial charge in [0.15, 0.2) is 0 Å². The Morgan fingerprint density at radius 3 is 1.79 bits per heavy atom. The van der Waals surface area contributed by atoms with E-state index in [1.807, 2.05) is 0 Å². The highest BCUT2D eigenvalue weighted by Crippen LogP contribution is 2.20. The largest absolute Gasteiger partial charge is 0.348 e. The van der Waals surface area contributed by atoms with Crippen molar-refractivity contribution in [2.45, 2.75) is 13.0 Å². The van der Waals surface area contributed by atoms with Crippen LogP contribution in [0.25, 0.3) is 0 Å². The first kappa shape index (κ1) is 23.1. The quantitative estimate of drug-likeness (QED) is 0.409. The van der Waals surface area contributed by atoms with Gasteiger partial charge < -0.3 is 10.2 Å². The van der Waals surface area contributed by atoms with E-state index in [1.165, 1.54) is 53.4 Å². The summed E-state index contributed by atoms with van der Waals surface area (Å²) < 4.78 is 0. The Labute approximate surface area is 188 Å². The Balaban J connectivity index is 1.77. The van der Waals surface area contributed by atoms with Gasteiger partial charge in [0.2, 0.25) is 0 Å². The lowest BCUT2D eigenvalue weighted by Crippen LogP contribution is -2.44. The minimum Gasteiger partial charge on any atom is -0.348 e. The normalized spacial score (nSPS) is 11.3. The topological polar surface area (TPSA) is 136 Å². The molecule has 1 N–H and O–H groups in total. The molecule has 0 aliphatic carbocycles. The van der Waals surface area contributed by atoms with Gasteiger partial charge in [-0.15, -0.1) is 0 Å². The van der Waals surface area contributed by atoms with E-state index in [2.05, 4.69) is 5.32 Å². The summed E-state index contributed by atoms with van der Waals surface area (Å²) in [7, 11) is 0. The predicted octanol–water partition coefficient (Wildman–Crippen LogP) is 3.97. The van der Waals surface area contributed by atoms with Gasteiger partial charge in [-0.05, 0) is 43.3 Å². The van der Waals surface area contributed by atoms with Crippen molar-refractivity contribution in [2.24, 2.45) is 0 Å². The van der Waals surface area contributed by atoms with Crippen molar-refractivity contribution in [3.05, 3.63) is 110 Å². The first-order valence-electron chi connectivity index (χ1n) is 9.93. The number of nitrogens with zero attached hydrogens (tertiary/aromatic N) is 3. The molecule has 3 aromatic carbocycles. The molecule has 0 aliphatic heterocycles. The number of nitro groups is 2. The van der Waals surface area contributed by atoms with Crippen LogP contribution in [0.4, 0.5) is 17.1 Å². The predicted molar refractivity (Wildman–Crippen MR) is 121 cm³/mol. The summed E-state index contributed by atoms with van der Waals surface area (Å²) in [6, 6.07) is 18.8. The van der Waals surface area contributed by atoms with E-state index in [1.54, 1.807) is 37.3 Å². The number of carbonyl (C=O) groups is 2. The maximum Gasteiger partial charge on any atom is 0.269 e. The minimum absolute atomic E-state index is 0.122. The van der Waals surface area contributed by atoms with Gasteiger partial charge in [0, 0.05) is 53.7 Å². The molecule has 0 fully saturated rings. The smallest absolute Gasteiger partial charge is 0.269 e. The molecule has 0 aromatic heterocycles. The first-order valence-corrected chi connectivity index (χ1v) is 9.93. The number of hydrogen-bond acceptors (Lipinski definition) is 6. The van der Waals surface area contributed by atoms with E-state index in [4.69, 9.17) is 0 Å². The van der Waals surface area contributed by atoms with E-state index in [0.717, 1.165) is 0 Å². The van der Waals surface area contributed by atoms with Crippen molar-refractivity contribution in [1.82, 2.24) is 5.32 Å². The summed E-state index contributed by atoms with van der Waals surface area (Å²) in [5, 5.41) is 24.5. The molecule has 0 radical (unpaired) electrons. The number of benzene rings is 3. The van der Waals surface area contributed by atoms with Crippen molar-refractivity contribution in [3.8, 4) is 0 Å². The van der Waals surface area contributed by atoms with Gasteiger partial charge in [-0.3, -0.25) is 29.8 Å². The monoisotopic (exact) mass is 448 g/mol. The minimum atomic E-state index is -0.550. The van der Waals surface area contributed by atoms with Gasteiger partial charge in [-0.2, -0.15) is 0 Å². The van der Waals surface area contributed by atoms with Crippen LogP contribution in [0.1, 0.15) is 27.6 Å². The molecule has 1 unspecified atom stereocenters. The summed E-state index contributed by atoms with van der Waals surface area (Å²) in [5.41, 5.74) is 0.862. The molecular formula is C23H20N4O6. The summed E-state index contributed by atoms with van der Waals surface area (Å²) in [6.45, 7) is 1.85. The number of anilines is 1. The average Bonchev–Trinajstić information content (AvgIpc) is 2.82. The third kappa shape index (κ3) is 5.76. The van der Waals surface area contributed by atoms with Crippen LogP contribution in [0, 0.1) is 20.2 Å². The molecule has 3 aromatic rings. The van der Waals surface area contributed by atoms with Crippen molar-refractivity contribution in [1.29, 1.82) is 0 Å². The van der Waals surface area contributed by atoms with Crippen LogP contribution in [0.3, 0.4) is 0 Å². The Hall–Kier alpha value is -4.60. The number of carbonyl (C=O) groups excluding carboxylic acids is 2. The fourth-order valence-electron chi connectivity index (χ4n) is 3.16. The first-order chi connectivity index (χ1) is 15.8. The molecule has 2 amide bonds. The van der Waals surface area contributed by atoms with Gasteiger partial charge in [0.05, 0.1) is 9.85 Å². The van der Waals surface area contributed by atoms with Crippen LogP contribution in [0.15, 0.2) is 78.9 Å². The number of rotatable bonds is 8.